The molecule has 0 aliphatic heterocycles. The average molecular weight is 410 g/mol. The summed E-state index contributed by atoms with van der Waals surface area (Å²) in [7, 11) is -4.08. The van der Waals surface area contributed by atoms with E-state index in [1.165, 1.54) is 0 Å². The number of benzene rings is 3. The summed E-state index contributed by atoms with van der Waals surface area (Å²) in [5.74, 6) is -1.92. The van der Waals surface area contributed by atoms with Gasteiger partial charge in [0.1, 0.15) is 12.4 Å². The number of rotatable bonds is 5. The van der Waals surface area contributed by atoms with E-state index >= 15 is 0 Å². The Bertz CT molecular complexity index is 1220. The fraction of sp³-hybridized carbons (Fsp3) is 0.0476. The normalized spacial score (nSPS) is 10.9. The number of primary sulfonamides is 1. The zero-order chi connectivity index (χ0) is 21.0. The molecule has 3 aromatic rings. The molecule has 0 saturated carbocycles. The lowest BCUT2D eigenvalue weighted by molar-refractivity contribution is 0.0467. The maximum atomic E-state index is 13.9. The molecule has 2 N–H and O–H groups in total. The third-order valence-electron chi connectivity index (χ3n) is 4.17. The van der Waals surface area contributed by atoms with E-state index in [2.05, 4.69) is 6.07 Å². The first kappa shape index (κ1) is 20.2. The van der Waals surface area contributed by atoms with Gasteiger partial charge in [0.2, 0.25) is 10.0 Å². The highest BCUT2D eigenvalue weighted by Gasteiger charge is 2.18. The maximum Gasteiger partial charge on any atom is 0.341 e. The molecule has 3 rings (SSSR count). The Labute approximate surface area is 167 Å². The molecule has 0 radical (unpaired) electrons. The van der Waals surface area contributed by atoms with E-state index in [9.17, 15) is 22.9 Å². The molecule has 0 aromatic heterocycles. The third kappa shape index (κ3) is 4.66. The highest BCUT2D eigenvalue weighted by molar-refractivity contribution is 7.89. The minimum atomic E-state index is -4.08. The summed E-state index contributed by atoms with van der Waals surface area (Å²) >= 11 is 0. The van der Waals surface area contributed by atoms with Crippen LogP contribution in [0, 0.1) is 17.1 Å². The summed E-state index contributed by atoms with van der Waals surface area (Å²) in [4.78, 5) is 11.8. The topological polar surface area (TPSA) is 110 Å². The molecule has 0 unspecified atom stereocenters. The van der Waals surface area contributed by atoms with Crippen molar-refractivity contribution in [1.29, 1.82) is 5.26 Å². The first-order valence-electron chi connectivity index (χ1n) is 8.37. The fourth-order valence-electron chi connectivity index (χ4n) is 2.68. The van der Waals surface area contributed by atoms with E-state index in [-0.39, 0.29) is 11.5 Å². The first-order valence-corrected chi connectivity index (χ1v) is 9.92. The number of nitrogens with two attached hydrogens (primary N) is 1. The largest absolute Gasteiger partial charge is 0.457 e. The Balaban J connectivity index is 1.74. The van der Waals surface area contributed by atoms with Gasteiger partial charge in [-0.3, -0.25) is 0 Å². The Morgan fingerprint density at radius 3 is 2.41 bits per heavy atom. The lowest BCUT2D eigenvalue weighted by atomic mass is 9.99. The minimum Gasteiger partial charge on any atom is -0.457 e. The molecule has 0 atom stereocenters. The quantitative estimate of drug-likeness (QED) is 0.649. The van der Waals surface area contributed by atoms with E-state index in [0.29, 0.717) is 11.1 Å². The molecule has 0 saturated heterocycles. The second kappa shape index (κ2) is 8.22. The van der Waals surface area contributed by atoms with Crippen molar-refractivity contribution in [3.05, 3.63) is 89.2 Å². The number of hydrogen-bond donors (Lipinski definition) is 1. The van der Waals surface area contributed by atoms with Gasteiger partial charge in [-0.05, 0) is 41.0 Å². The summed E-state index contributed by atoms with van der Waals surface area (Å²) in [5, 5.41) is 14.2. The molecular weight excluding hydrogens is 395 g/mol. The molecule has 3 aromatic carbocycles. The lowest BCUT2D eigenvalue weighted by Gasteiger charge is -2.09. The molecule has 0 bridgehead atoms. The third-order valence-corrected chi connectivity index (χ3v) is 5.08. The van der Waals surface area contributed by atoms with Gasteiger partial charge in [0.15, 0.2) is 0 Å². The van der Waals surface area contributed by atoms with Crippen molar-refractivity contribution in [3.63, 3.8) is 0 Å². The van der Waals surface area contributed by atoms with Gasteiger partial charge in [0, 0.05) is 0 Å². The van der Waals surface area contributed by atoms with Crippen LogP contribution in [0.5, 0.6) is 0 Å². The molecule has 0 amide bonds. The van der Waals surface area contributed by atoms with Crippen LogP contribution >= 0.6 is 0 Å². The molecule has 0 spiro atoms. The van der Waals surface area contributed by atoms with Crippen LogP contribution in [0.1, 0.15) is 21.5 Å². The minimum absolute atomic E-state index is 0.141. The lowest BCUT2D eigenvalue weighted by Crippen LogP contribution is -2.14. The second-order valence-electron chi connectivity index (χ2n) is 6.12. The van der Waals surface area contributed by atoms with Crippen molar-refractivity contribution in [1.82, 2.24) is 0 Å². The van der Waals surface area contributed by atoms with Crippen LogP contribution in [0.2, 0.25) is 0 Å². The van der Waals surface area contributed by atoms with Crippen molar-refractivity contribution >= 4 is 16.0 Å². The molecule has 0 aliphatic carbocycles. The van der Waals surface area contributed by atoms with E-state index in [1.807, 2.05) is 12.1 Å². The standard InChI is InChI=1S/C21H15FN2O4S/c22-20-10-9-17(29(24,26)27)11-19(20)21(25)28-13-14-5-7-15(8-6-14)18-4-2-1-3-16(18)12-23/h1-11H,13H2,(H2,24,26,27). The molecule has 29 heavy (non-hydrogen) atoms. The van der Waals surface area contributed by atoms with Gasteiger partial charge in [-0.15, -0.1) is 0 Å². The van der Waals surface area contributed by atoms with Gasteiger partial charge in [0.25, 0.3) is 0 Å². The molecule has 0 heterocycles. The SMILES string of the molecule is N#Cc1ccccc1-c1ccc(COC(=O)c2cc(S(N)(=O)=O)ccc2F)cc1. The van der Waals surface area contributed by atoms with E-state index in [1.54, 1.807) is 36.4 Å². The van der Waals surface area contributed by atoms with E-state index in [0.717, 1.165) is 29.3 Å². The second-order valence-corrected chi connectivity index (χ2v) is 7.68. The van der Waals surface area contributed by atoms with Crippen molar-refractivity contribution in [2.75, 3.05) is 0 Å². The summed E-state index contributed by atoms with van der Waals surface area (Å²) < 4.78 is 41.7. The smallest absolute Gasteiger partial charge is 0.341 e. The Morgan fingerprint density at radius 2 is 1.76 bits per heavy atom. The van der Waals surface area contributed by atoms with Gasteiger partial charge in [-0.25, -0.2) is 22.7 Å². The molecule has 146 valence electrons. The molecule has 8 heteroatoms. The van der Waals surface area contributed by atoms with E-state index < -0.39 is 27.4 Å². The van der Waals surface area contributed by atoms with Gasteiger partial charge < -0.3 is 4.74 Å². The van der Waals surface area contributed by atoms with E-state index in [4.69, 9.17) is 9.88 Å². The van der Waals surface area contributed by atoms with Gasteiger partial charge >= 0.3 is 5.97 Å². The Morgan fingerprint density at radius 1 is 1.07 bits per heavy atom. The van der Waals surface area contributed by atoms with Gasteiger partial charge in [0.05, 0.1) is 22.1 Å². The summed E-state index contributed by atoms with van der Waals surface area (Å²) in [6.45, 7) is -0.141. The van der Waals surface area contributed by atoms with Gasteiger partial charge in [-0.2, -0.15) is 5.26 Å². The Hall–Kier alpha value is -3.54. The fourth-order valence-corrected chi connectivity index (χ4v) is 3.22. The van der Waals surface area contributed by atoms with Crippen molar-refractivity contribution in [2.45, 2.75) is 11.5 Å². The maximum absolute atomic E-state index is 13.9. The first-order chi connectivity index (χ1) is 13.8. The highest BCUT2D eigenvalue weighted by atomic mass is 32.2. The van der Waals surface area contributed by atoms with Crippen LogP contribution in [-0.4, -0.2) is 14.4 Å². The summed E-state index contributed by atoms with van der Waals surface area (Å²) in [6, 6.07) is 18.9. The molecule has 0 aliphatic rings. The number of carbonyl (C=O) groups excluding carboxylic acids is 1. The summed E-state index contributed by atoms with van der Waals surface area (Å²) in [6.07, 6.45) is 0. The number of nitriles is 1. The van der Waals surface area contributed by atoms with Crippen LogP contribution < -0.4 is 5.14 Å². The van der Waals surface area contributed by atoms with Crippen LogP contribution in [0.4, 0.5) is 4.39 Å². The monoisotopic (exact) mass is 410 g/mol. The number of carbonyl (C=O) groups is 1. The molecule has 0 fully saturated rings. The number of ether oxygens (including phenoxy) is 1. The van der Waals surface area contributed by atoms with Crippen molar-refractivity contribution in [2.24, 2.45) is 5.14 Å². The number of sulfonamides is 1. The van der Waals surface area contributed by atoms with Crippen LogP contribution in [-0.2, 0) is 21.4 Å². The molecular formula is C21H15FN2O4S. The highest BCUT2D eigenvalue weighted by Crippen LogP contribution is 2.24. The number of nitrogens with zero attached hydrogens (tertiary/aromatic N) is 1. The van der Waals surface area contributed by atoms with Crippen molar-refractivity contribution < 1.29 is 22.3 Å². The number of esters is 1. The van der Waals surface area contributed by atoms with Crippen molar-refractivity contribution in [3.8, 4) is 17.2 Å². The number of halogens is 1. The van der Waals surface area contributed by atoms with Gasteiger partial charge in [-0.1, -0.05) is 42.5 Å². The van der Waals surface area contributed by atoms with Crippen LogP contribution in [0.25, 0.3) is 11.1 Å². The average Bonchev–Trinajstić information content (AvgIpc) is 2.72. The van der Waals surface area contributed by atoms with Crippen LogP contribution in [0.3, 0.4) is 0 Å². The number of hydrogen-bond acceptors (Lipinski definition) is 5. The van der Waals surface area contributed by atoms with Crippen LogP contribution in [0.15, 0.2) is 71.6 Å². The zero-order valence-corrected chi connectivity index (χ0v) is 15.8. The molecule has 6 nitrogen and oxygen atoms in total. The predicted octanol–water partition coefficient (Wildman–Crippen LogP) is 3.37. The zero-order valence-electron chi connectivity index (χ0n) is 15.0. The predicted molar refractivity (Wildman–Crippen MR) is 103 cm³/mol. The Kier molecular flexibility index (Phi) is 5.73. The summed E-state index contributed by atoms with van der Waals surface area (Å²) in [5.41, 5.74) is 2.26.